The molecule has 7 nitrogen and oxygen atoms in total. The molecule has 0 aromatic heterocycles. The van der Waals surface area contributed by atoms with E-state index in [0.29, 0.717) is 5.75 Å². The van der Waals surface area contributed by atoms with Crippen molar-refractivity contribution >= 4 is 102 Å². The zero-order chi connectivity index (χ0) is 40.6. The third-order valence-corrected chi connectivity index (χ3v) is 21.5. The van der Waals surface area contributed by atoms with Crippen molar-refractivity contribution in [1.29, 1.82) is 0 Å². The van der Waals surface area contributed by atoms with Crippen LogP contribution in [0.2, 0.25) is 13.1 Å². The molecular weight excluding hydrogens is 1320 g/mol. The van der Waals surface area contributed by atoms with E-state index in [1.807, 2.05) is 43.3 Å². The van der Waals surface area contributed by atoms with Crippen molar-refractivity contribution in [2.75, 3.05) is 14.2 Å². The molecule has 2 radical (unpaired) electrons. The average molecular weight is 1370 g/mol. The van der Waals surface area contributed by atoms with Gasteiger partial charge in [-0.15, -0.1) is 66.5 Å². The quantitative estimate of drug-likeness (QED) is 0.0875. The Labute approximate surface area is 431 Å². The number of aromatic hydroxyl groups is 4. The maximum absolute atomic E-state index is 9.56. The Morgan fingerprint density at radius 3 is 1.00 bits per heavy atom. The molecule has 5 atom stereocenters. The summed E-state index contributed by atoms with van der Waals surface area (Å²) in [6.45, 7) is 12.0. The summed E-state index contributed by atoms with van der Waals surface area (Å²) in [6.07, 6.45) is 1.74. The van der Waals surface area contributed by atoms with Crippen LogP contribution >= 0.6 is 66.5 Å². The average Bonchev–Trinajstić information content (AvgIpc) is 3.12. The van der Waals surface area contributed by atoms with E-state index in [-0.39, 0.29) is 122 Å². The molecule has 19 heteroatoms. The molecule has 0 saturated carbocycles. The molecular formula is C36H48Ac2Cl6O7Si4. The fourth-order valence-corrected chi connectivity index (χ4v) is 14.0. The van der Waals surface area contributed by atoms with E-state index >= 15 is 0 Å². The summed E-state index contributed by atoms with van der Waals surface area (Å²) in [7, 11) is -1.90. The van der Waals surface area contributed by atoms with Crippen LogP contribution in [0.25, 0.3) is 6.08 Å². The number of hydrogen-bond donors (Lipinski definition) is 4. The number of phenols is 4. The minimum absolute atomic E-state index is 0. The van der Waals surface area contributed by atoms with Gasteiger partial charge in [0.2, 0.25) is 0 Å². The van der Waals surface area contributed by atoms with Gasteiger partial charge in [-0.1, -0.05) is 82.0 Å². The van der Waals surface area contributed by atoms with Crippen molar-refractivity contribution < 1.29 is 122 Å². The molecule has 4 N–H and O–H groups in total. The van der Waals surface area contributed by atoms with Crippen LogP contribution in [0, 0.1) is 88.1 Å². The Bertz CT molecular complexity index is 1580. The molecule has 55 heavy (non-hydrogen) atoms. The molecule has 298 valence electrons. The molecule has 5 unspecified atom stereocenters. The van der Waals surface area contributed by atoms with E-state index in [9.17, 15) is 10.2 Å². The first kappa shape index (κ1) is 58.3. The molecule has 0 saturated heterocycles. The van der Waals surface area contributed by atoms with Crippen LogP contribution in [0.15, 0.2) is 104 Å². The van der Waals surface area contributed by atoms with Crippen LogP contribution in [0.3, 0.4) is 0 Å². The van der Waals surface area contributed by atoms with Gasteiger partial charge in [0.05, 0.1) is 0 Å². The summed E-state index contributed by atoms with van der Waals surface area (Å²) in [5.41, 5.74) is 4.15. The minimum atomic E-state index is -2.68. The second kappa shape index (κ2) is 28.7. The number of halogens is 6. The number of benzene rings is 4. The van der Waals surface area contributed by atoms with Crippen molar-refractivity contribution in [3.05, 3.63) is 126 Å². The van der Waals surface area contributed by atoms with Gasteiger partial charge in [-0.05, 0) is 83.9 Å². The van der Waals surface area contributed by atoms with Crippen molar-refractivity contribution in [3.8, 4) is 23.0 Å². The van der Waals surface area contributed by atoms with E-state index in [1.54, 1.807) is 81.0 Å². The number of phenolic OH excluding ortho intramolecular Hbond substituents is 4. The largest absolute Gasteiger partial charge is 0.508 e. The molecule has 0 aliphatic carbocycles. The normalized spacial score (nSPS) is 14.4. The third kappa shape index (κ3) is 21.5. The van der Waals surface area contributed by atoms with Crippen molar-refractivity contribution in [1.82, 2.24) is 0 Å². The van der Waals surface area contributed by atoms with Crippen LogP contribution in [0.5, 0.6) is 23.0 Å². The molecule has 4 rings (SSSR count). The molecule has 0 heterocycles. The fourth-order valence-electron chi connectivity index (χ4n) is 4.71. The van der Waals surface area contributed by atoms with Crippen LogP contribution in [-0.2, 0) is 13.0 Å². The van der Waals surface area contributed by atoms with Gasteiger partial charge >= 0.3 is 29.9 Å². The predicted octanol–water partition coefficient (Wildman–Crippen LogP) is 11.7. The monoisotopic (exact) mass is 1370 g/mol. The molecule has 0 fully saturated rings. The van der Waals surface area contributed by atoms with Gasteiger partial charge in [0, 0.05) is 119 Å². The van der Waals surface area contributed by atoms with Gasteiger partial charge < -0.3 is 33.4 Å². The second-order valence-electron chi connectivity index (χ2n) is 12.1. The van der Waals surface area contributed by atoms with Crippen LogP contribution in [-0.4, -0.2) is 64.5 Å². The zero-order valence-electron chi connectivity index (χ0n) is 31.8. The summed E-state index contributed by atoms with van der Waals surface area (Å²) >= 11 is 32.4. The molecule has 0 aliphatic heterocycles. The summed E-state index contributed by atoms with van der Waals surface area (Å²) in [5, 5.41) is 37.0. The topological polar surface area (TPSA) is 109 Å². The van der Waals surface area contributed by atoms with E-state index < -0.39 is 29.9 Å². The Morgan fingerprint density at radius 1 is 0.545 bits per heavy atom. The summed E-state index contributed by atoms with van der Waals surface area (Å²) in [4.78, 5) is 0. The molecule has 0 aliphatic rings. The van der Waals surface area contributed by atoms with Gasteiger partial charge in [0.1, 0.15) is 23.0 Å². The van der Waals surface area contributed by atoms with Gasteiger partial charge in [-0.25, -0.2) is 0 Å². The molecule has 4 aromatic rings. The van der Waals surface area contributed by atoms with E-state index in [2.05, 4.69) is 33.5 Å². The van der Waals surface area contributed by atoms with Gasteiger partial charge in [-0.3, -0.25) is 0 Å². The number of hydrogen-bond acceptors (Lipinski definition) is 7. The first-order chi connectivity index (χ1) is 24.6. The fraction of sp³-hybridized carbons (Fsp3) is 0.278. The van der Waals surface area contributed by atoms with Gasteiger partial charge in [0.15, 0.2) is 0 Å². The van der Waals surface area contributed by atoms with Gasteiger partial charge in [0.25, 0.3) is 0 Å². The SMILES string of the molecule is C=Cc1ccc(O)cc1.CC(c1ccc(O)cc1)[Si](Cl)(Cl)Cl.CO[Si](C)(O[Si](C)(OC)C(C)c1ccc(O)cc1)C(C)c1ccc(O)cc1.Cl[SiH](Cl)Cl.[Ac].[Ac]. The Kier molecular flexibility index (Phi) is 30.4. The Hall–Kier alpha value is 1.19. The molecule has 0 amide bonds. The standard InChI is InChI=1S/C20H30O5Si2.C8H9Cl3OSi.C8H8O.2Ac.Cl3HSi/c1-15(17-7-11-19(21)12-8-17)26(5,23-3)25-27(6,24-4)16(2)18-9-13-20(22)14-10-18;1-6(13(9,10)11)7-2-4-8(12)5-3-7;1-2-7-3-5-8(9)6-4-7;;;1-4(2)3/h7-16,21-22H,1-6H3;2-6,12H,1H3;2-6,9H,1H2;;;4H. The van der Waals surface area contributed by atoms with Gasteiger partial charge in [-0.2, -0.15) is 0 Å². The third-order valence-electron chi connectivity index (χ3n) is 8.59. The maximum atomic E-state index is 9.56. The second-order valence-corrected chi connectivity index (χ2v) is 35.0. The molecule has 0 spiro atoms. The first-order valence-electron chi connectivity index (χ1n) is 16.2. The summed E-state index contributed by atoms with van der Waals surface area (Å²) in [5.74, 6) is 0.997. The Morgan fingerprint density at radius 2 is 0.782 bits per heavy atom. The van der Waals surface area contributed by atoms with Crippen molar-refractivity contribution in [2.24, 2.45) is 0 Å². The van der Waals surface area contributed by atoms with E-state index in [4.69, 9.17) is 89.7 Å². The maximum Gasteiger partial charge on any atom is 0.348 e. The van der Waals surface area contributed by atoms with Crippen LogP contribution < -0.4 is 0 Å². The van der Waals surface area contributed by atoms with E-state index in [1.165, 1.54) is 0 Å². The predicted molar refractivity (Wildman–Crippen MR) is 234 cm³/mol. The van der Waals surface area contributed by atoms with Crippen molar-refractivity contribution in [2.45, 2.75) is 50.5 Å². The molecule has 0 bridgehead atoms. The van der Waals surface area contributed by atoms with Crippen molar-refractivity contribution in [3.63, 3.8) is 0 Å². The molecule has 4 aromatic carbocycles. The Balaban J connectivity index is 0. The first-order valence-corrected chi connectivity index (χ1v) is 31.3. The minimum Gasteiger partial charge on any atom is -0.508 e. The summed E-state index contributed by atoms with van der Waals surface area (Å²) < 4.78 is 18.6. The summed E-state index contributed by atoms with van der Waals surface area (Å²) in [6, 6.07) is 25.3. The van der Waals surface area contributed by atoms with Crippen LogP contribution in [0.1, 0.15) is 59.6 Å². The zero-order valence-corrected chi connectivity index (χ0v) is 49.9. The van der Waals surface area contributed by atoms with E-state index in [0.717, 1.165) is 22.3 Å². The smallest absolute Gasteiger partial charge is 0.348 e. The number of rotatable bonds is 11. The van der Waals surface area contributed by atoms with Crippen LogP contribution in [0.4, 0.5) is 0 Å².